The molecule has 1 N–H and O–H groups in total. The van der Waals surface area contributed by atoms with Crippen molar-refractivity contribution in [1.82, 2.24) is 0 Å². The van der Waals surface area contributed by atoms with Gasteiger partial charge in [0.25, 0.3) is 0 Å². The maximum atomic E-state index is 10.5. The number of benzene rings is 2. The van der Waals surface area contributed by atoms with Crippen LogP contribution in [0.5, 0.6) is 0 Å². The van der Waals surface area contributed by atoms with Crippen LogP contribution in [0.4, 0.5) is 0 Å². The zero-order valence-electron chi connectivity index (χ0n) is 13.6. The normalized spacial score (nSPS) is 12.4. The Kier molecular flexibility index (Phi) is 5.19. The lowest BCUT2D eigenvalue weighted by atomic mass is 9.94. The number of aliphatic hydroxyl groups is 1. The Morgan fingerprint density at radius 3 is 2.19 bits per heavy atom. The van der Waals surface area contributed by atoms with Crippen LogP contribution in [0.25, 0.3) is 0 Å². The van der Waals surface area contributed by atoms with Gasteiger partial charge in [-0.25, -0.2) is 0 Å². The average Bonchev–Trinajstić information content (AvgIpc) is 2.50. The Bertz CT molecular complexity index is 613. The highest BCUT2D eigenvalue weighted by atomic mass is 16.3. The Morgan fingerprint density at radius 1 is 0.857 bits per heavy atom. The predicted molar refractivity (Wildman–Crippen MR) is 89.8 cm³/mol. The van der Waals surface area contributed by atoms with Crippen molar-refractivity contribution in [3.63, 3.8) is 0 Å². The topological polar surface area (TPSA) is 20.2 Å². The van der Waals surface area contributed by atoms with Crippen molar-refractivity contribution in [3.05, 3.63) is 69.8 Å². The molecule has 0 fully saturated rings. The number of rotatable bonds is 5. The molecule has 0 heterocycles. The number of hydrogen-bond donors (Lipinski definition) is 1. The van der Waals surface area contributed by atoms with Crippen LogP contribution >= 0.6 is 0 Å². The fourth-order valence-electron chi connectivity index (χ4n) is 2.80. The molecule has 0 aromatic heterocycles. The molecule has 2 aromatic carbocycles. The summed E-state index contributed by atoms with van der Waals surface area (Å²) in [5, 5.41) is 10.5. The number of aryl methyl sites for hydroxylation is 4. The van der Waals surface area contributed by atoms with E-state index >= 15 is 0 Å². The molecule has 0 aliphatic rings. The molecule has 0 aliphatic carbocycles. The molecule has 1 nitrogen and oxygen atoms in total. The highest BCUT2D eigenvalue weighted by Crippen LogP contribution is 2.23. The van der Waals surface area contributed by atoms with E-state index in [4.69, 9.17) is 0 Å². The first-order chi connectivity index (χ1) is 10.0. The van der Waals surface area contributed by atoms with E-state index in [0.29, 0.717) is 6.42 Å². The summed E-state index contributed by atoms with van der Waals surface area (Å²) in [7, 11) is 0. The number of aliphatic hydroxyl groups excluding tert-OH is 1. The van der Waals surface area contributed by atoms with E-state index in [9.17, 15) is 5.11 Å². The molecular formula is C20H26O. The van der Waals surface area contributed by atoms with Gasteiger partial charge in [0.1, 0.15) is 0 Å². The van der Waals surface area contributed by atoms with Crippen molar-refractivity contribution in [2.45, 2.75) is 53.1 Å². The fraction of sp³-hybridized carbons (Fsp3) is 0.400. The van der Waals surface area contributed by atoms with Crippen LogP contribution in [0.3, 0.4) is 0 Å². The van der Waals surface area contributed by atoms with Crippen molar-refractivity contribution in [2.24, 2.45) is 0 Å². The summed E-state index contributed by atoms with van der Waals surface area (Å²) in [4.78, 5) is 0. The highest BCUT2D eigenvalue weighted by molar-refractivity contribution is 5.35. The Balaban J connectivity index is 2.19. The molecule has 2 aromatic rings. The molecule has 21 heavy (non-hydrogen) atoms. The maximum Gasteiger partial charge on any atom is 0.0830 e. The van der Waals surface area contributed by atoms with Crippen LogP contribution in [-0.2, 0) is 19.3 Å². The molecule has 1 atom stereocenters. The van der Waals surface area contributed by atoms with Crippen molar-refractivity contribution in [2.75, 3.05) is 0 Å². The minimum Gasteiger partial charge on any atom is -0.388 e. The molecule has 0 amide bonds. The van der Waals surface area contributed by atoms with E-state index in [0.717, 1.165) is 18.4 Å². The van der Waals surface area contributed by atoms with E-state index in [-0.39, 0.29) is 0 Å². The highest BCUT2D eigenvalue weighted by Gasteiger charge is 2.11. The lowest BCUT2D eigenvalue weighted by Crippen LogP contribution is -2.04. The van der Waals surface area contributed by atoms with Gasteiger partial charge in [-0.15, -0.1) is 0 Å². The molecule has 1 heteroatoms. The van der Waals surface area contributed by atoms with Gasteiger partial charge in [-0.1, -0.05) is 50.2 Å². The SMILES string of the molecule is CCc1ccc(C(O)Cc2ccc(C)c(C)c2)cc1CC. The quantitative estimate of drug-likeness (QED) is 0.842. The molecule has 0 radical (unpaired) electrons. The molecular weight excluding hydrogens is 256 g/mol. The van der Waals surface area contributed by atoms with Crippen LogP contribution in [-0.4, -0.2) is 5.11 Å². The minimum absolute atomic E-state index is 0.427. The third-order valence-electron chi connectivity index (χ3n) is 4.38. The van der Waals surface area contributed by atoms with Gasteiger partial charge in [-0.3, -0.25) is 0 Å². The summed E-state index contributed by atoms with van der Waals surface area (Å²) < 4.78 is 0. The molecule has 0 saturated carbocycles. The molecule has 1 unspecified atom stereocenters. The predicted octanol–water partition coefficient (Wildman–Crippen LogP) is 4.70. The lowest BCUT2D eigenvalue weighted by molar-refractivity contribution is 0.178. The van der Waals surface area contributed by atoms with Gasteiger partial charge in [0.2, 0.25) is 0 Å². The third kappa shape index (κ3) is 3.74. The fourth-order valence-corrected chi connectivity index (χ4v) is 2.80. The third-order valence-corrected chi connectivity index (χ3v) is 4.38. The summed E-state index contributed by atoms with van der Waals surface area (Å²) in [5.41, 5.74) is 7.56. The summed E-state index contributed by atoms with van der Waals surface area (Å²) in [6.45, 7) is 8.59. The van der Waals surface area contributed by atoms with Gasteiger partial charge in [0.15, 0.2) is 0 Å². The van der Waals surface area contributed by atoms with E-state index in [1.807, 2.05) is 0 Å². The first-order valence-corrected chi connectivity index (χ1v) is 7.91. The van der Waals surface area contributed by atoms with Crippen molar-refractivity contribution in [3.8, 4) is 0 Å². The smallest absolute Gasteiger partial charge is 0.0830 e. The summed E-state index contributed by atoms with van der Waals surface area (Å²) in [6.07, 6.45) is 2.32. The summed E-state index contributed by atoms with van der Waals surface area (Å²) >= 11 is 0. The monoisotopic (exact) mass is 282 g/mol. The Labute approximate surface area is 128 Å². The van der Waals surface area contributed by atoms with Gasteiger partial charge in [0, 0.05) is 6.42 Å². The zero-order chi connectivity index (χ0) is 15.4. The first-order valence-electron chi connectivity index (χ1n) is 7.91. The Morgan fingerprint density at radius 2 is 1.57 bits per heavy atom. The van der Waals surface area contributed by atoms with E-state index in [2.05, 4.69) is 64.1 Å². The molecule has 0 spiro atoms. The maximum absolute atomic E-state index is 10.5. The van der Waals surface area contributed by atoms with Gasteiger partial charge in [-0.2, -0.15) is 0 Å². The first kappa shape index (κ1) is 15.8. The summed E-state index contributed by atoms with van der Waals surface area (Å²) in [6, 6.07) is 12.8. The van der Waals surface area contributed by atoms with E-state index < -0.39 is 6.10 Å². The van der Waals surface area contributed by atoms with Gasteiger partial charge in [-0.05, 0) is 60.1 Å². The molecule has 2 rings (SSSR count). The molecule has 0 saturated heterocycles. The van der Waals surface area contributed by atoms with E-state index in [1.165, 1.54) is 27.8 Å². The second kappa shape index (κ2) is 6.91. The van der Waals surface area contributed by atoms with Gasteiger partial charge >= 0.3 is 0 Å². The van der Waals surface area contributed by atoms with Crippen LogP contribution in [0.15, 0.2) is 36.4 Å². The van der Waals surface area contributed by atoms with Crippen LogP contribution < -0.4 is 0 Å². The van der Waals surface area contributed by atoms with Crippen molar-refractivity contribution >= 4 is 0 Å². The molecule has 0 aliphatic heterocycles. The largest absolute Gasteiger partial charge is 0.388 e. The minimum atomic E-state index is -0.427. The molecule has 0 bridgehead atoms. The van der Waals surface area contributed by atoms with Crippen molar-refractivity contribution in [1.29, 1.82) is 0 Å². The second-order valence-electron chi connectivity index (χ2n) is 5.87. The van der Waals surface area contributed by atoms with Crippen LogP contribution in [0.1, 0.15) is 53.3 Å². The second-order valence-corrected chi connectivity index (χ2v) is 5.87. The lowest BCUT2D eigenvalue weighted by Gasteiger charge is -2.15. The zero-order valence-corrected chi connectivity index (χ0v) is 13.6. The molecule has 112 valence electrons. The number of hydrogen-bond acceptors (Lipinski definition) is 1. The average molecular weight is 282 g/mol. The Hall–Kier alpha value is -1.60. The van der Waals surface area contributed by atoms with Crippen LogP contribution in [0, 0.1) is 13.8 Å². The van der Waals surface area contributed by atoms with Gasteiger partial charge in [0.05, 0.1) is 6.10 Å². The van der Waals surface area contributed by atoms with Crippen molar-refractivity contribution < 1.29 is 5.11 Å². The van der Waals surface area contributed by atoms with E-state index in [1.54, 1.807) is 0 Å². The standard InChI is InChI=1S/C20H26O/c1-5-17-9-10-19(13-18(17)6-2)20(21)12-16-8-7-14(3)15(4)11-16/h7-11,13,20-21H,5-6,12H2,1-4H3. The summed E-state index contributed by atoms with van der Waals surface area (Å²) in [5.74, 6) is 0. The van der Waals surface area contributed by atoms with Crippen LogP contribution in [0.2, 0.25) is 0 Å². The van der Waals surface area contributed by atoms with Gasteiger partial charge < -0.3 is 5.11 Å².